The molecule has 0 saturated carbocycles. The van der Waals surface area contributed by atoms with Crippen LogP contribution in [0.15, 0.2) is 72.9 Å². The molecule has 12 nitrogen and oxygen atoms in total. The Hall–Kier alpha value is -5.72. The van der Waals surface area contributed by atoms with Gasteiger partial charge in [-0.05, 0) is 41.1 Å². The summed E-state index contributed by atoms with van der Waals surface area (Å²) in [6, 6.07) is 18.2. The molecule has 216 valence electrons. The second kappa shape index (κ2) is 11.3. The number of amides is 3. The minimum Gasteiger partial charge on any atom is -0.366 e. The highest BCUT2D eigenvalue weighted by Gasteiger charge is 2.31. The van der Waals surface area contributed by atoms with Gasteiger partial charge in [-0.25, -0.2) is 4.39 Å². The number of hydrogen-bond donors (Lipinski definition) is 2. The van der Waals surface area contributed by atoms with E-state index in [0.29, 0.717) is 22.3 Å². The number of tetrazole rings is 1. The van der Waals surface area contributed by atoms with Crippen molar-refractivity contribution in [2.75, 3.05) is 26.2 Å². The van der Waals surface area contributed by atoms with Crippen molar-refractivity contribution in [3.8, 4) is 11.4 Å². The monoisotopic (exact) mass is 580 g/mol. The van der Waals surface area contributed by atoms with E-state index in [2.05, 4.69) is 20.4 Å². The maximum atomic E-state index is 15.1. The van der Waals surface area contributed by atoms with Crippen molar-refractivity contribution < 1.29 is 23.6 Å². The minimum atomic E-state index is -0.871. The maximum Gasteiger partial charge on any atom is 0.295 e. The number of nitrogens with two attached hydrogens (primary N) is 1. The quantitative estimate of drug-likeness (QED) is 0.221. The van der Waals surface area contributed by atoms with Crippen molar-refractivity contribution in [2.24, 2.45) is 5.73 Å². The molecule has 43 heavy (non-hydrogen) atoms. The number of H-pyrrole nitrogens is 1. The summed E-state index contributed by atoms with van der Waals surface area (Å²) in [6.07, 6.45) is 1.29. The molecule has 5 aromatic rings. The number of halogens is 1. The van der Waals surface area contributed by atoms with E-state index in [-0.39, 0.29) is 60.9 Å². The molecule has 3 heterocycles. The number of aromatic amines is 1. The van der Waals surface area contributed by atoms with E-state index in [1.54, 1.807) is 53.4 Å². The average Bonchev–Trinajstić information content (AvgIpc) is 3.69. The first kappa shape index (κ1) is 27.4. The van der Waals surface area contributed by atoms with Crippen LogP contribution in [0.25, 0.3) is 22.3 Å². The van der Waals surface area contributed by atoms with E-state index in [1.807, 2.05) is 6.07 Å². The molecule has 3 aromatic carbocycles. The van der Waals surface area contributed by atoms with E-state index in [4.69, 9.17) is 5.73 Å². The van der Waals surface area contributed by atoms with Crippen molar-refractivity contribution in [3.63, 3.8) is 0 Å². The third-order valence-electron chi connectivity index (χ3n) is 7.39. The lowest BCUT2D eigenvalue weighted by Gasteiger charge is -2.34. The summed E-state index contributed by atoms with van der Waals surface area (Å²) in [4.78, 5) is 58.2. The summed E-state index contributed by atoms with van der Waals surface area (Å²) in [5.74, 6) is -2.94. The lowest BCUT2D eigenvalue weighted by molar-refractivity contribution is -0.127. The molecule has 2 aromatic heterocycles. The number of piperazine rings is 1. The van der Waals surface area contributed by atoms with Gasteiger partial charge < -0.3 is 20.5 Å². The van der Waals surface area contributed by atoms with Gasteiger partial charge in [-0.3, -0.25) is 19.2 Å². The number of Topliss-reactive ketones (excluding diaryl/α,β-unsaturated/α-hetero) is 1. The number of rotatable bonds is 7. The van der Waals surface area contributed by atoms with Gasteiger partial charge in [0.05, 0.1) is 17.6 Å². The molecule has 6 rings (SSSR count). The molecule has 1 aliphatic rings. The Morgan fingerprint density at radius 1 is 0.860 bits per heavy atom. The van der Waals surface area contributed by atoms with Gasteiger partial charge in [0.25, 0.3) is 17.6 Å². The summed E-state index contributed by atoms with van der Waals surface area (Å²) in [7, 11) is 0. The third-order valence-corrected chi connectivity index (χ3v) is 7.39. The van der Waals surface area contributed by atoms with Crippen LogP contribution in [-0.4, -0.2) is 84.7 Å². The number of aromatic nitrogens is 5. The zero-order valence-electron chi connectivity index (χ0n) is 22.7. The number of nitrogens with zero attached hydrogens (tertiary/aromatic N) is 6. The second-order valence-corrected chi connectivity index (χ2v) is 9.99. The first-order valence-electron chi connectivity index (χ1n) is 13.4. The number of ketones is 1. The number of carbonyl (C=O) groups excluding carboxylic acids is 4. The number of hydrogen-bond acceptors (Lipinski definition) is 7. The molecule has 1 fully saturated rings. The molecule has 1 aliphatic heterocycles. The molecule has 0 radical (unpaired) electrons. The number of primary amides is 1. The summed E-state index contributed by atoms with van der Waals surface area (Å²) >= 11 is 0. The highest BCUT2D eigenvalue weighted by Crippen LogP contribution is 2.30. The fraction of sp³-hybridized carbons (Fsp3) is 0.167. The van der Waals surface area contributed by atoms with Crippen LogP contribution in [0, 0.1) is 5.82 Å². The van der Waals surface area contributed by atoms with Crippen LogP contribution in [0.3, 0.4) is 0 Å². The molecular formula is C30H25FN8O4. The van der Waals surface area contributed by atoms with Crippen LogP contribution in [0.2, 0.25) is 0 Å². The Kier molecular flexibility index (Phi) is 7.20. The van der Waals surface area contributed by atoms with Gasteiger partial charge in [-0.15, -0.1) is 10.2 Å². The lowest BCUT2D eigenvalue weighted by atomic mass is 10.0. The van der Waals surface area contributed by atoms with Crippen LogP contribution in [-0.2, 0) is 11.3 Å². The molecule has 0 bridgehead atoms. The van der Waals surface area contributed by atoms with E-state index in [1.165, 1.54) is 28.0 Å². The molecule has 1 saturated heterocycles. The summed E-state index contributed by atoms with van der Waals surface area (Å²) in [6.45, 7) is 0.995. The van der Waals surface area contributed by atoms with Crippen molar-refractivity contribution in [3.05, 3.63) is 101 Å². The summed E-state index contributed by atoms with van der Waals surface area (Å²) in [5, 5.41) is 12.4. The van der Waals surface area contributed by atoms with Gasteiger partial charge in [0.1, 0.15) is 5.82 Å². The average molecular weight is 581 g/mol. The molecule has 0 atom stereocenters. The van der Waals surface area contributed by atoms with Crippen molar-refractivity contribution in [2.45, 2.75) is 6.54 Å². The first-order chi connectivity index (χ1) is 20.8. The molecule has 0 spiro atoms. The molecule has 0 aliphatic carbocycles. The summed E-state index contributed by atoms with van der Waals surface area (Å²) < 4.78 is 15.1. The zero-order valence-corrected chi connectivity index (χ0v) is 22.7. The van der Waals surface area contributed by atoms with Crippen LogP contribution in [0.5, 0.6) is 0 Å². The predicted molar refractivity (Wildman–Crippen MR) is 152 cm³/mol. The third kappa shape index (κ3) is 5.23. The molecule has 13 heteroatoms. The number of nitrogens with one attached hydrogen (secondary N) is 1. The Morgan fingerprint density at radius 3 is 2.30 bits per heavy atom. The van der Waals surface area contributed by atoms with Crippen molar-refractivity contribution >= 4 is 34.4 Å². The van der Waals surface area contributed by atoms with Gasteiger partial charge in [-0.2, -0.15) is 4.80 Å². The molecule has 0 unspecified atom stereocenters. The van der Waals surface area contributed by atoms with Crippen LogP contribution < -0.4 is 5.73 Å². The van der Waals surface area contributed by atoms with Crippen molar-refractivity contribution in [1.82, 2.24) is 35.0 Å². The molecule has 3 N–H and O–H groups in total. The van der Waals surface area contributed by atoms with Gasteiger partial charge >= 0.3 is 0 Å². The number of benzene rings is 3. The highest BCUT2D eigenvalue weighted by atomic mass is 19.1. The standard InChI is InChI=1S/C30H25FN8O4/c31-23-11-10-21(28-34-36-39(35-28)17-19-8-4-5-9-20(19)27(32)41)25-24(23)22(16-33-25)26(40)30(43)38-14-12-37(13-15-38)29(42)18-6-2-1-3-7-18/h1-11,16,33H,12-15,17H2,(H2,32,41). The predicted octanol–water partition coefficient (Wildman–Crippen LogP) is 2.27. The Morgan fingerprint density at radius 2 is 1.56 bits per heavy atom. The fourth-order valence-electron chi connectivity index (χ4n) is 5.18. The minimum absolute atomic E-state index is 0.0656. The second-order valence-electron chi connectivity index (χ2n) is 9.99. The van der Waals surface area contributed by atoms with E-state index >= 15 is 4.39 Å². The fourth-order valence-corrected chi connectivity index (χ4v) is 5.18. The SMILES string of the molecule is NC(=O)c1ccccc1Cn1nnc(-c2ccc(F)c3c(C(=O)C(=O)N4CCN(C(=O)c5ccccc5)CC4)c[nH]c23)n1. The zero-order chi connectivity index (χ0) is 30.1. The Balaban J connectivity index is 1.20. The van der Waals surface area contributed by atoms with E-state index < -0.39 is 23.4 Å². The van der Waals surface area contributed by atoms with Crippen LogP contribution >= 0.6 is 0 Å². The molecule has 3 amide bonds. The van der Waals surface area contributed by atoms with Gasteiger partial charge in [0.2, 0.25) is 11.7 Å². The normalized spacial score (nSPS) is 13.3. The maximum absolute atomic E-state index is 15.1. The Labute approximate surface area is 243 Å². The number of carbonyl (C=O) groups is 4. The van der Waals surface area contributed by atoms with Crippen molar-refractivity contribution in [1.29, 1.82) is 0 Å². The first-order valence-corrected chi connectivity index (χ1v) is 13.4. The van der Waals surface area contributed by atoms with Crippen LogP contribution in [0.4, 0.5) is 4.39 Å². The van der Waals surface area contributed by atoms with E-state index in [0.717, 1.165) is 0 Å². The topological polar surface area (TPSA) is 160 Å². The number of fused-ring (bicyclic) bond motifs is 1. The Bertz CT molecular complexity index is 1880. The highest BCUT2D eigenvalue weighted by molar-refractivity contribution is 6.45. The van der Waals surface area contributed by atoms with Gasteiger partial charge in [-0.1, -0.05) is 36.4 Å². The van der Waals surface area contributed by atoms with E-state index in [9.17, 15) is 19.2 Å². The van der Waals surface area contributed by atoms with Crippen LogP contribution in [0.1, 0.15) is 36.6 Å². The van der Waals surface area contributed by atoms with Gasteiger partial charge in [0, 0.05) is 54.5 Å². The van der Waals surface area contributed by atoms with Gasteiger partial charge in [0.15, 0.2) is 0 Å². The lowest BCUT2D eigenvalue weighted by Crippen LogP contribution is -2.52. The summed E-state index contributed by atoms with van der Waals surface area (Å²) in [5.41, 5.74) is 7.41. The molecular weight excluding hydrogens is 555 g/mol. The smallest absolute Gasteiger partial charge is 0.295 e. The largest absolute Gasteiger partial charge is 0.366 e.